The van der Waals surface area contributed by atoms with Gasteiger partial charge < -0.3 is 13.9 Å². The lowest BCUT2D eigenvalue weighted by Crippen LogP contribution is -2.27. The van der Waals surface area contributed by atoms with Crippen molar-refractivity contribution in [2.24, 2.45) is 0 Å². The summed E-state index contributed by atoms with van der Waals surface area (Å²) in [6.07, 6.45) is 1.58. The summed E-state index contributed by atoms with van der Waals surface area (Å²) in [4.78, 5) is 25.8. The molecule has 1 amide bonds. The van der Waals surface area contributed by atoms with E-state index in [1.165, 1.54) is 11.0 Å². The number of nitro groups is 1. The Morgan fingerprint density at radius 1 is 1.12 bits per heavy atom. The molecule has 0 N–H and O–H groups in total. The molecule has 5 rings (SSSR count). The molecule has 1 aromatic heterocycles. The van der Waals surface area contributed by atoms with Crippen molar-refractivity contribution in [3.63, 3.8) is 0 Å². The van der Waals surface area contributed by atoms with E-state index in [-0.39, 0.29) is 18.4 Å². The molecule has 160 valence electrons. The molecule has 0 spiro atoms. The van der Waals surface area contributed by atoms with Gasteiger partial charge in [-0.3, -0.25) is 19.8 Å². The van der Waals surface area contributed by atoms with Gasteiger partial charge in [0.1, 0.15) is 11.5 Å². The summed E-state index contributed by atoms with van der Waals surface area (Å²) in [6, 6.07) is 13.4. The van der Waals surface area contributed by atoms with Gasteiger partial charge in [-0.2, -0.15) is 0 Å². The molecule has 32 heavy (non-hydrogen) atoms. The van der Waals surface area contributed by atoms with E-state index in [0.29, 0.717) is 43.5 Å². The lowest BCUT2D eigenvalue weighted by molar-refractivity contribution is -0.384. The average molecular weight is 466 g/mol. The molecule has 0 radical (unpaired) electrons. The van der Waals surface area contributed by atoms with Gasteiger partial charge in [0.15, 0.2) is 15.8 Å². The topological polar surface area (TPSA) is 95.1 Å². The van der Waals surface area contributed by atoms with Crippen molar-refractivity contribution in [2.75, 3.05) is 11.7 Å². The van der Waals surface area contributed by atoms with Crippen molar-refractivity contribution in [1.29, 1.82) is 0 Å². The minimum Gasteiger partial charge on any atom is -0.456 e. The maximum atomic E-state index is 13.0. The second kappa shape index (κ2) is 7.81. The third-order valence-electron chi connectivity index (χ3n) is 4.92. The number of nitrogens with zero attached hydrogens (tertiary/aromatic N) is 2. The number of furan rings is 1. The molecule has 1 fully saturated rings. The van der Waals surface area contributed by atoms with E-state index in [1.54, 1.807) is 55.5 Å². The van der Waals surface area contributed by atoms with Gasteiger partial charge in [0.2, 0.25) is 6.79 Å². The standard InChI is InChI=1S/C22H14N2O6S2/c1-12-2-5-15(16(8-12)24(26)27)17-7-4-14(30-17)10-20-21(25)23(22(31)32-20)13-3-6-18-19(9-13)29-11-28-18/h2-10H,11H2,1H3/b20-10+. The highest BCUT2D eigenvalue weighted by atomic mass is 32.2. The smallest absolute Gasteiger partial charge is 0.280 e. The van der Waals surface area contributed by atoms with Crippen LogP contribution in [-0.2, 0) is 4.79 Å². The van der Waals surface area contributed by atoms with Crippen LogP contribution in [0.15, 0.2) is 57.9 Å². The first-order chi connectivity index (χ1) is 15.4. The fraction of sp³-hybridized carbons (Fsp3) is 0.0909. The number of thiocarbonyl (C=S) groups is 1. The van der Waals surface area contributed by atoms with Crippen LogP contribution in [0.25, 0.3) is 17.4 Å². The number of rotatable bonds is 4. The maximum Gasteiger partial charge on any atom is 0.280 e. The number of benzene rings is 2. The zero-order valence-corrected chi connectivity index (χ0v) is 18.2. The van der Waals surface area contributed by atoms with Crippen LogP contribution < -0.4 is 14.4 Å². The van der Waals surface area contributed by atoms with E-state index in [1.807, 2.05) is 0 Å². The SMILES string of the molecule is Cc1ccc(-c2ccc(/C=C3/SC(=S)N(c4ccc5c(c4)OCO5)C3=O)o2)c([N+](=O)[O-])c1. The van der Waals surface area contributed by atoms with Gasteiger partial charge in [-0.05, 0) is 42.8 Å². The Morgan fingerprint density at radius 3 is 2.75 bits per heavy atom. The number of aryl methyl sites for hydroxylation is 1. The van der Waals surface area contributed by atoms with Crippen LogP contribution in [0.3, 0.4) is 0 Å². The summed E-state index contributed by atoms with van der Waals surface area (Å²) in [5.41, 5.74) is 1.68. The van der Waals surface area contributed by atoms with Crippen molar-refractivity contribution >= 4 is 51.7 Å². The molecule has 2 aliphatic rings. The number of carbonyl (C=O) groups excluding carboxylic acids is 1. The maximum absolute atomic E-state index is 13.0. The highest BCUT2D eigenvalue weighted by Gasteiger charge is 2.34. The van der Waals surface area contributed by atoms with Gasteiger partial charge in [-0.15, -0.1) is 0 Å². The highest BCUT2D eigenvalue weighted by Crippen LogP contribution is 2.41. The van der Waals surface area contributed by atoms with E-state index in [9.17, 15) is 14.9 Å². The molecule has 2 aliphatic heterocycles. The summed E-state index contributed by atoms with van der Waals surface area (Å²) < 4.78 is 16.9. The molecule has 0 bridgehead atoms. The highest BCUT2D eigenvalue weighted by molar-refractivity contribution is 8.27. The quantitative estimate of drug-likeness (QED) is 0.221. The first-order valence-corrected chi connectivity index (χ1v) is 10.7. The molecule has 0 aliphatic carbocycles. The molecular weight excluding hydrogens is 452 g/mol. The number of nitro benzene ring substituents is 1. The van der Waals surface area contributed by atoms with Crippen LogP contribution in [-0.4, -0.2) is 21.9 Å². The van der Waals surface area contributed by atoms with Gasteiger partial charge in [-0.1, -0.05) is 30.0 Å². The lowest BCUT2D eigenvalue weighted by atomic mass is 10.1. The van der Waals surface area contributed by atoms with Crippen molar-refractivity contribution in [1.82, 2.24) is 0 Å². The molecule has 3 aromatic rings. The molecule has 8 nitrogen and oxygen atoms in total. The van der Waals surface area contributed by atoms with Gasteiger partial charge in [0.05, 0.1) is 21.1 Å². The Kier molecular flexibility index (Phi) is 4.95. The number of hydrogen-bond acceptors (Lipinski definition) is 8. The summed E-state index contributed by atoms with van der Waals surface area (Å²) in [5, 5.41) is 11.4. The number of thioether (sulfide) groups is 1. The molecule has 0 atom stereocenters. The number of anilines is 1. The lowest BCUT2D eigenvalue weighted by Gasteiger charge is -2.14. The number of carbonyl (C=O) groups is 1. The fourth-order valence-electron chi connectivity index (χ4n) is 3.42. The predicted octanol–water partition coefficient (Wildman–Crippen LogP) is 5.30. The second-order valence-corrected chi connectivity index (χ2v) is 8.71. The van der Waals surface area contributed by atoms with E-state index < -0.39 is 4.92 Å². The Balaban J connectivity index is 1.43. The van der Waals surface area contributed by atoms with Crippen molar-refractivity contribution in [3.05, 3.63) is 74.9 Å². The largest absolute Gasteiger partial charge is 0.456 e. The molecule has 1 saturated heterocycles. The molecule has 3 heterocycles. The third-order valence-corrected chi connectivity index (χ3v) is 6.23. The van der Waals surface area contributed by atoms with Crippen LogP contribution in [0.2, 0.25) is 0 Å². The Morgan fingerprint density at radius 2 is 1.94 bits per heavy atom. The van der Waals surface area contributed by atoms with Crippen molar-refractivity contribution < 1.29 is 23.6 Å². The normalized spacial score (nSPS) is 16.3. The fourth-order valence-corrected chi connectivity index (χ4v) is 4.70. The van der Waals surface area contributed by atoms with Gasteiger partial charge in [-0.25, -0.2) is 0 Å². The Hall–Kier alpha value is -3.63. The van der Waals surface area contributed by atoms with Crippen LogP contribution in [0.5, 0.6) is 11.5 Å². The first kappa shape index (κ1) is 20.3. The molecular formula is C22H14N2O6S2. The molecule has 2 aromatic carbocycles. The zero-order valence-electron chi connectivity index (χ0n) is 16.6. The Bertz CT molecular complexity index is 1330. The first-order valence-electron chi connectivity index (χ1n) is 9.43. The van der Waals surface area contributed by atoms with Crippen LogP contribution >= 0.6 is 24.0 Å². The summed E-state index contributed by atoms with van der Waals surface area (Å²) in [6.45, 7) is 1.92. The summed E-state index contributed by atoms with van der Waals surface area (Å²) in [5.74, 6) is 1.60. The van der Waals surface area contributed by atoms with Gasteiger partial charge >= 0.3 is 0 Å². The number of hydrogen-bond donors (Lipinski definition) is 0. The van der Waals surface area contributed by atoms with E-state index >= 15 is 0 Å². The van der Waals surface area contributed by atoms with E-state index in [4.69, 9.17) is 26.1 Å². The number of amides is 1. The van der Waals surface area contributed by atoms with Crippen LogP contribution in [0, 0.1) is 17.0 Å². The summed E-state index contributed by atoms with van der Waals surface area (Å²) in [7, 11) is 0. The minimum absolute atomic E-state index is 0.0416. The van der Waals surface area contributed by atoms with E-state index in [2.05, 4.69) is 0 Å². The van der Waals surface area contributed by atoms with Crippen LogP contribution in [0.1, 0.15) is 11.3 Å². The molecule has 0 saturated carbocycles. The zero-order chi connectivity index (χ0) is 22.4. The monoisotopic (exact) mass is 466 g/mol. The van der Waals surface area contributed by atoms with Crippen molar-refractivity contribution in [3.8, 4) is 22.8 Å². The van der Waals surface area contributed by atoms with Gasteiger partial charge in [0, 0.05) is 18.2 Å². The summed E-state index contributed by atoms with van der Waals surface area (Å²) >= 11 is 6.56. The molecule has 0 unspecified atom stereocenters. The number of ether oxygens (including phenoxy) is 2. The number of fused-ring (bicyclic) bond motifs is 1. The minimum atomic E-state index is -0.443. The average Bonchev–Trinajstić information content (AvgIpc) is 3.47. The molecule has 10 heteroatoms. The third kappa shape index (κ3) is 3.53. The Labute approximate surface area is 191 Å². The second-order valence-electron chi connectivity index (χ2n) is 7.03. The predicted molar refractivity (Wildman–Crippen MR) is 124 cm³/mol. The van der Waals surface area contributed by atoms with Crippen LogP contribution in [0.4, 0.5) is 11.4 Å². The van der Waals surface area contributed by atoms with Crippen molar-refractivity contribution in [2.45, 2.75) is 6.92 Å². The van der Waals surface area contributed by atoms with Gasteiger partial charge in [0.25, 0.3) is 11.6 Å². The van der Waals surface area contributed by atoms with E-state index in [0.717, 1.165) is 17.3 Å².